The van der Waals surface area contributed by atoms with Crippen molar-refractivity contribution in [2.45, 2.75) is 51.8 Å². The van der Waals surface area contributed by atoms with Crippen LogP contribution in [0.25, 0.3) is 0 Å². The Morgan fingerprint density at radius 3 is 2.47 bits per heavy atom. The third-order valence-corrected chi connectivity index (χ3v) is 3.65. The van der Waals surface area contributed by atoms with Gasteiger partial charge in [-0.2, -0.15) is 0 Å². The van der Waals surface area contributed by atoms with Crippen LogP contribution in [0.4, 0.5) is 0 Å². The number of hydrogen-bond acceptors (Lipinski definition) is 2. The third kappa shape index (κ3) is 1.74. The lowest BCUT2D eigenvalue weighted by molar-refractivity contribution is -0.122. The van der Waals surface area contributed by atoms with Crippen molar-refractivity contribution in [1.29, 1.82) is 0 Å². The smallest absolute Gasteiger partial charge is 0.112 e. The van der Waals surface area contributed by atoms with Crippen molar-refractivity contribution < 1.29 is 9.47 Å². The van der Waals surface area contributed by atoms with Gasteiger partial charge < -0.3 is 9.47 Å². The Kier molecular flexibility index (Phi) is 2.89. The van der Waals surface area contributed by atoms with E-state index in [0.717, 1.165) is 13.0 Å². The highest BCUT2D eigenvalue weighted by Gasteiger charge is 2.59. The van der Waals surface area contributed by atoms with Gasteiger partial charge in [0.1, 0.15) is 7.85 Å². The third-order valence-electron chi connectivity index (χ3n) is 3.65. The van der Waals surface area contributed by atoms with Gasteiger partial charge in [-0.15, -0.1) is 0 Å². The summed E-state index contributed by atoms with van der Waals surface area (Å²) in [5, 5.41) is 0. The summed E-state index contributed by atoms with van der Waals surface area (Å²) in [6, 6.07) is -0.218. The topological polar surface area (TPSA) is 18.5 Å². The van der Waals surface area contributed by atoms with Gasteiger partial charge in [0, 0.05) is 11.9 Å². The second kappa shape index (κ2) is 3.78. The van der Waals surface area contributed by atoms with Crippen molar-refractivity contribution in [2.75, 3.05) is 6.61 Å². The molecule has 0 spiro atoms. The number of ether oxygens (including phenoxy) is 2. The molecule has 3 heteroatoms. The van der Waals surface area contributed by atoms with Crippen molar-refractivity contribution in [1.82, 2.24) is 0 Å². The molecule has 15 heavy (non-hydrogen) atoms. The zero-order chi connectivity index (χ0) is 11.2. The van der Waals surface area contributed by atoms with Gasteiger partial charge in [0.15, 0.2) is 0 Å². The van der Waals surface area contributed by atoms with E-state index in [2.05, 4.69) is 27.7 Å². The minimum absolute atomic E-state index is 0.105. The predicted octanol–water partition coefficient (Wildman–Crippen LogP) is 1.97. The molecule has 0 amide bonds. The minimum atomic E-state index is -0.218. The molecule has 0 saturated carbocycles. The fourth-order valence-electron chi connectivity index (χ4n) is 3.41. The molecule has 0 N–H and O–H groups in total. The molecule has 2 saturated heterocycles. The summed E-state index contributed by atoms with van der Waals surface area (Å²) in [6.45, 7) is 9.66. The molecule has 0 aliphatic carbocycles. The van der Waals surface area contributed by atoms with Crippen molar-refractivity contribution in [3.8, 4) is 0 Å². The van der Waals surface area contributed by atoms with Crippen LogP contribution in [0.2, 0.25) is 0 Å². The van der Waals surface area contributed by atoms with Crippen LogP contribution < -0.4 is 0 Å². The monoisotopic (exact) mass is 208 g/mol. The molecule has 2 aliphatic rings. The Bertz CT molecular complexity index is 242. The van der Waals surface area contributed by atoms with Crippen molar-refractivity contribution in [3.63, 3.8) is 0 Å². The predicted molar refractivity (Wildman–Crippen MR) is 60.9 cm³/mol. The van der Waals surface area contributed by atoms with Crippen LogP contribution in [-0.4, -0.2) is 32.2 Å². The minimum Gasteiger partial charge on any atom is -0.376 e. The molecule has 2 unspecified atom stereocenters. The average molecular weight is 208 g/mol. The number of rotatable bonds is 3. The average Bonchev–Trinajstić information content (AvgIpc) is 2.53. The highest BCUT2D eigenvalue weighted by atomic mass is 16.6. The fraction of sp³-hybridized carbons (Fsp3) is 1.00. The molecule has 2 radical (unpaired) electrons. The van der Waals surface area contributed by atoms with E-state index < -0.39 is 0 Å². The van der Waals surface area contributed by atoms with Crippen LogP contribution in [0.5, 0.6) is 0 Å². The summed E-state index contributed by atoms with van der Waals surface area (Å²) in [4.78, 5) is 0. The maximum Gasteiger partial charge on any atom is 0.112 e. The van der Waals surface area contributed by atoms with Crippen LogP contribution in [-0.2, 0) is 9.47 Å². The van der Waals surface area contributed by atoms with E-state index in [-0.39, 0.29) is 17.7 Å². The van der Waals surface area contributed by atoms with Crippen molar-refractivity contribution in [3.05, 3.63) is 0 Å². The molecule has 4 atom stereocenters. The van der Waals surface area contributed by atoms with Gasteiger partial charge in [-0.3, -0.25) is 0 Å². The molecule has 84 valence electrons. The quantitative estimate of drug-likeness (QED) is 0.660. The SMILES string of the molecule is [B][C@H]1OC2(CC(C)C)COC1[C@H]2C(C)C. The van der Waals surface area contributed by atoms with Gasteiger partial charge in [-0.25, -0.2) is 0 Å². The van der Waals surface area contributed by atoms with Crippen LogP contribution in [0.3, 0.4) is 0 Å². The first-order valence-corrected chi connectivity index (χ1v) is 6.01. The van der Waals surface area contributed by atoms with E-state index in [0.29, 0.717) is 17.8 Å². The maximum absolute atomic E-state index is 5.99. The van der Waals surface area contributed by atoms with E-state index >= 15 is 0 Å². The summed E-state index contributed by atoms with van der Waals surface area (Å²) in [7, 11) is 5.96. The number of hydrogen-bond donors (Lipinski definition) is 0. The molecule has 2 rings (SSSR count). The van der Waals surface area contributed by atoms with E-state index in [1.54, 1.807) is 0 Å². The Morgan fingerprint density at radius 2 is 2.00 bits per heavy atom. The maximum atomic E-state index is 5.99. The van der Waals surface area contributed by atoms with E-state index in [9.17, 15) is 0 Å². The first-order chi connectivity index (χ1) is 6.96. The van der Waals surface area contributed by atoms with Crippen LogP contribution in [0.15, 0.2) is 0 Å². The first-order valence-electron chi connectivity index (χ1n) is 6.01. The molecule has 0 aromatic rings. The van der Waals surface area contributed by atoms with Gasteiger partial charge in [-0.05, 0) is 18.3 Å². The second-order valence-electron chi connectivity index (χ2n) is 5.79. The molecule has 0 aromatic heterocycles. The lowest BCUT2D eigenvalue weighted by atomic mass is 9.74. The van der Waals surface area contributed by atoms with Gasteiger partial charge in [-0.1, -0.05) is 27.7 Å². The van der Waals surface area contributed by atoms with Crippen LogP contribution in [0.1, 0.15) is 34.1 Å². The highest BCUT2D eigenvalue weighted by Crippen LogP contribution is 2.50. The standard InChI is InChI=1S/C12H21BO2/c1-7(2)5-12-6-14-10(11(13)15-12)9(12)8(3)4/h7-11H,5-6H2,1-4H3/t9-,10?,11+,12?/m1/s1. The van der Waals surface area contributed by atoms with Crippen molar-refractivity contribution in [2.24, 2.45) is 17.8 Å². The zero-order valence-corrected chi connectivity index (χ0v) is 10.2. The van der Waals surface area contributed by atoms with Gasteiger partial charge in [0.05, 0.1) is 18.3 Å². The Balaban J connectivity index is 2.21. The molecule has 0 aromatic carbocycles. The molecular formula is C12H21BO2. The highest BCUT2D eigenvalue weighted by molar-refractivity contribution is 6.11. The number of fused-ring (bicyclic) bond motifs is 2. The summed E-state index contributed by atoms with van der Waals surface area (Å²) in [6.07, 6.45) is 1.17. The fourth-order valence-corrected chi connectivity index (χ4v) is 3.41. The second-order valence-corrected chi connectivity index (χ2v) is 5.79. The van der Waals surface area contributed by atoms with Crippen molar-refractivity contribution >= 4 is 7.85 Å². The Hall–Kier alpha value is -0.0151. The summed E-state index contributed by atoms with van der Waals surface area (Å²) in [5.74, 6) is 1.67. The summed E-state index contributed by atoms with van der Waals surface area (Å²) in [5.41, 5.74) is -0.105. The Morgan fingerprint density at radius 1 is 1.33 bits per heavy atom. The largest absolute Gasteiger partial charge is 0.376 e. The van der Waals surface area contributed by atoms with E-state index in [1.807, 2.05) is 0 Å². The Labute approximate surface area is 94.1 Å². The summed E-state index contributed by atoms with van der Waals surface area (Å²) < 4.78 is 11.8. The van der Waals surface area contributed by atoms with Crippen LogP contribution >= 0.6 is 0 Å². The van der Waals surface area contributed by atoms with Crippen LogP contribution in [0, 0.1) is 17.8 Å². The van der Waals surface area contributed by atoms with Gasteiger partial charge in [0.25, 0.3) is 0 Å². The molecule has 2 bridgehead atoms. The summed E-state index contributed by atoms with van der Waals surface area (Å²) >= 11 is 0. The molecule has 2 nitrogen and oxygen atoms in total. The van der Waals surface area contributed by atoms with E-state index in [1.165, 1.54) is 0 Å². The van der Waals surface area contributed by atoms with E-state index in [4.69, 9.17) is 17.3 Å². The lowest BCUT2D eigenvalue weighted by Crippen LogP contribution is -2.41. The molecule has 2 heterocycles. The normalized spacial score (nSPS) is 44.5. The van der Waals surface area contributed by atoms with Gasteiger partial charge in [0.2, 0.25) is 0 Å². The lowest BCUT2D eigenvalue weighted by Gasteiger charge is -2.34. The van der Waals surface area contributed by atoms with Gasteiger partial charge >= 0.3 is 0 Å². The molecule has 2 fully saturated rings. The zero-order valence-electron chi connectivity index (χ0n) is 10.2. The first kappa shape index (κ1) is 11.5. The molecular weight excluding hydrogens is 187 g/mol. The molecule has 2 aliphatic heterocycles.